The summed E-state index contributed by atoms with van der Waals surface area (Å²) in [7, 11) is 1.75. The predicted molar refractivity (Wildman–Crippen MR) is 138 cm³/mol. The monoisotopic (exact) mass is 515 g/mol. The van der Waals surface area contributed by atoms with Crippen LogP contribution in [0.2, 0.25) is 0 Å². The first-order chi connectivity index (χ1) is 18.4. The molecule has 2 aliphatic heterocycles. The molecule has 4 atom stereocenters. The maximum Gasteiger partial charge on any atom is 0.263 e. The zero-order valence-corrected chi connectivity index (χ0v) is 21.9. The molecule has 5 aliphatic rings. The van der Waals surface area contributed by atoms with Gasteiger partial charge in [-0.1, -0.05) is 18.2 Å². The quantitative estimate of drug-likeness (QED) is 0.429. The standard InChI is InChI=1S/C29H33N5O4/c1-17-30-31-24(38-17)16-32(2)26(35)18-5-4-12-33(14-18)23-7-3-6-21-25(23)28(37)34(27(21)36)15-19-13-20-8-9-22(19)29(20)10-11-29/h3,6-9,18-20,22H,4-5,10-16H2,1-2H3/t18-,19-,20-,22-/m0/s1. The fourth-order valence-electron chi connectivity index (χ4n) is 7.70. The van der Waals surface area contributed by atoms with Gasteiger partial charge in [-0.3, -0.25) is 19.3 Å². The Bertz CT molecular complexity index is 1360. The Morgan fingerprint density at radius 1 is 1.18 bits per heavy atom. The number of nitrogens with zero attached hydrogens (tertiary/aromatic N) is 5. The third-order valence-corrected chi connectivity index (χ3v) is 9.67. The molecule has 7 rings (SSSR count). The number of anilines is 1. The van der Waals surface area contributed by atoms with E-state index in [2.05, 4.69) is 27.2 Å². The van der Waals surface area contributed by atoms with E-state index >= 15 is 0 Å². The van der Waals surface area contributed by atoms with Crippen molar-refractivity contribution in [2.75, 3.05) is 31.6 Å². The van der Waals surface area contributed by atoms with Crippen LogP contribution in [0.25, 0.3) is 0 Å². The molecule has 0 radical (unpaired) electrons. The van der Waals surface area contributed by atoms with Gasteiger partial charge in [0, 0.05) is 33.6 Å². The summed E-state index contributed by atoms with van der Waals surface area (Å²) in [4.78, 5) is 45.7. The van der Waals surface area contributed by atoms with Crippen LogP contribution in [0.4, 0.5) is 5.69 Å². The molecule has 1 aromatic carbocycles. The van der Waals surface area contributed by atoms with Gasteiger partial charge in [-0.2, -0.15) is 0 Å². The van der Waals surface area contributed by atoms with Crippen molar-refractivity contribution in [2.45, 2.75) is 45.6 Å². The third kappa shape index (κ3) is 3.54. The van der Waals surface area contributed by atoms with E-state index in [-0.39, 0.29) is 30.2 Å². The summed E-state index contributed by atoms with van der Waals surface area (Å²) in [6, 6.07) is 5.55. The summed E-state index contributed by atoms with van der Waals surface area (Å²) in [6.45, 7) is 3.73. The van der Waals surface area contributed by atoms with Gasteiger partial charge >= 0.3 is 0 Å². The average molecular weight is 516 g/mol. The van der Waals surface area contributed by atoms with Crippen molar-refractivity contribution in [1.82, 2.24) is 20.0 Å². The minimum atomic E-state index is -0.215. The molecule has 1 spiro atoms. The van der Waals surface area contributed by atoms with Crippen molar-refractivity contribution in [2.24, 2.45) is 29.1 Å². The minimum absolute atomic E-state index is 0.0144. The number of piperidine rings is 1. The van der Waals surface area contributed by atoms with Gasteiger partial charge in [0.05, 0.1) is 29.3 Å². The van der Waals surface area contributed by atoms with Crippen molar-refractivity contribution >= 4 is 23.4 Å². The van der Waals surface area contributed by atoms with E-state index in [1.54, 1.807) is 24.9 Å². The number of allylic oxidation sites excluding steroid dienone is 2. The van der Waals surface area contributed by atoms with Crippen LogP contribution in [0.1, 0.15) is 64.6 Å². The number of amides is 3. The van der Waals surface area contributed by atoms with Crippen molar-refractivity contribution in [3.8, 4) is 0 Å². The highest BCUT2D eigenvalue weighted by Crippen LogP contribution is 2.70. The van der Waals surface area contributed by atoms with Crippen LogP contribution in [-0.4, -0.2) is 64.4 Å². The molecule has 1 aromatic heterocycles. The summed E-state index contributed by atoms with van der Waals surface area (Å²) in [5, 5.41) is 7.84. The lowest BCUT2D eigenvalue weighted by atomic mass is 9.88. The number of carbonyl (C=O) groups excluding carboxylic acids is 3. The van der Waals surface area contributed by atoms with Gasteiger partial charge in [-0.15, -0.1) is 10.2 Å². The number of benzene rings is 1. The van der Waals surface area contributed by atoms with Crippen molar-refractivity contribution in [1.29, 1.82) is 0 Å². The highest BCUT2D eigenvalue weighted by molar-refractivity contribution is 6.23. The topological polar surface area (TPSA) is 99.9 Å². The van der Waals surface area contributed by atoms with Gasteiger partial charge < -0.3 is 14.2 Å². The van der Waals surface area contributed by atoms with Crippen molar-refractivity contribution < 1.29 is 18.8 Å². The van der Waals surface area contributed by atoms with E-state index < -0.39 is 0 Å². The molecule has 198 valence electrons. The van der Waals surface area contributed by atoms with Crippen LogP contribution in [0.3, 0.4) is 0 Å². The van der Waals surface area contributed by atoms with Crippen LogP contribution < -0.4 is 4.90 Å². The number of fused-ring (bicyclic) bond motifs is 1. The molecular weight excluding hydrogens is 482 g/mol. The lowest BCUT2D eigenvalue weighted by molar-refractivity contribution is -0.135. The second-order valence-electron chi connectivity index (χ2n) is 11.9. The zero-order chi connectivity index (χ0) is 26.2. The smallest absolute Gasteiger partial charge is 0.263 e. The van der Waals surface area contributed by atoms with Crippen molar-refractivity contribution in [3.63, 3.8) is 0 Å². The zero-order valence-electron chi connectivity index (χ0n) is 21.9. The lowest BCUT2D eigenvalue weighted by Gasteiger charge is -2.36. The van der Waals surface area contributed by atoms with Crippen LogP contribution in [-0.2, 0) is 11.3 Å². The number of aryl methyl sites for hydroxylation is 1. The molecule has 0 unspecified atom stereocenters. The summed E-state index contributed by atoms with van der Waals surface area (Å²) < 4.78 is 5.44. The second kappa shape index (κ2) is 8.51. The Kier molecular flexibility index (Phi) is 5.29. The third-order valence-electron chi connectivity index (χ3n) is 9.67. The van der Waals surface area contributed by atoms with E-state index in [9.17, 15) is 14.4 Å². The molecule has 0 N–H and O–H groups in total. The van der Waals surface area contributed by atoms with Crippen LogP contribution >= 0.6 is 0 Å². The Morgan fingerprint density at radius 3 is 2.76 bits per heavy atom. The number of imide groups is 1. The maximum atomic E-state index is 13.7. The summed E-state index contributed by atoms with van der Waals surface area (Å²) >= 11 is 0. The average Bonchev–Trinajstić information content (AvgIpc) is 3.31. The lowest BCUT2D eigenvalue weighted by Crippen LogP contribution is -2.44. The molecule has 3 amide bonds. The molecule has 9 heteroatoms. The van der Waals surface area contributed by atoms with E-state index in [1.165, 1.54) is 17.7 Å². The van der Waals surface area contributed by atoms with Crippen LogP contribution in [0.5, 0.6) is 0 Å². The predicted octanol–water partition coefficient (Wildman–Crippen LogP) is 3.45. The Hall–Kier alpha value is -3.49. The van der Waals surface area contributed by atoms with Crippen LogP contribution in [0, 0.1) is 36.0 Å². The molecule has 38 heavy (non-hydrogen) atoms. The van der Waals surface area contributed by atoms with E-state index in [4.69, 9.17) is 4.42 Å². The summed E-state index contributed by atoms with van der Waals surface area (Å²) in [5.41, 5.74) is 2.19. The van der Waals surface area contributed by atoms with Gasteiger partial charge in [-0.25, -0.2) is 0 Å². The second-order valence-corrected chi connectivity index (χ2v) is 11.9. The first-order valence-electron chi connectivity index (χ1n) is 13.8. The first kappa shape index (κ1) is 23.6. The fraction of sp³-hybridized carbons (Fsp3) is 0.552. The normalized spacial score (nSPS) is 28.5. The molecule has 2 saturated carbocycles. The summed E-state index contributed by atoms with van der Waals surface area (Å²) in [5.74, 6) is 1.79. The first-order valence-corrected chi connectivity index (χ1v) is 13.8. The molecule has 2 aromatic rings. The Balaban J connectivity index is 1.08. The van der Waals surface area contributed by atoms with Gasteiger partial charge in [-0.05, 0) is 67.4 Å². The number of hydrogen-bond donors (Lipinski definition) is 0. The molecule has 9 nitrogen and oxygen atoms in total. The van der Waals surface area contributed by atoms with E-state index in [0.29, 0.717) is 59.2 Å². The number of carbonyl (C=O) groups is 3. The molecular formula is C29H33N5O4. The molecule has 1 saturated heterocycles. The number of rotatable bonds is 6. The summed E-state index contributed by atoms with van der Waals surface area (Å²) in [6.07, 6.45) is 9.94. The van der Waals surface area contributed by atoms with E-state index in [0.717, 1.165) is 31.5 Å². The van der Waals surface area contributed by atoms with E-state index in [1.807, 2.05) is 12.1 Å². The number of aromatic nitrogens is 2. The van der Waals surface area contributed by atoms with Gasteiger partial charge in [0.15, 0.2) is 0 Å². The Labute approximate surface area is 221 Å². The molecule has 2 bridgehead atoms. The maximum absolute atomic E-state index is 13.7. The van der Waals surface area contributed by atoms with Crippen molar-refractivity contribution in [3.05, 3.63) is 53.3 Å². The SMILES string of the molecule is Cc1nnc(CN(C)C(=O)[C@H]2CCCN(c3cccc4c3C(=O)N(C[C@@H]3C[C@@H]5C=C[C@@H]3C53CC3)C4=O)C2)o1. The molecule has 3 aliphatic carbocycles. The Morgan fingerprint density at radius 2 is 2.03 bits per heavy atom. The van der Waals surface area contributed by atoms with Gasteiger partial charge in [0.2, 0.25) is 17.7 Å². The highest BCUT2D eigenvalue weighted by atomic mass is 16.4. The minimum Gasteiger partial charge on any atom is -0.424 e. The molecule has 3 heterocycles. The number of hydrogen-bond acceptors (Lipinski definition) is 7. The highest BCUT2D eigenvalue weighted by Gasteiger charge is 2.63. The fourth-order valence-corrected chi connectivity index (χ4v) is 7.70. The van der Waals surface area contributed by atoms with Gasteiger partial charge in [0.1, 0.15) is 0 Å². The molecule has 3 fully saturated rings. The largest absolute Gasteiger partial charge is 0.424 e. The van der Waals surface area contributed by atoms with Crippen LogP contribution in [0.15, 0.2) is 34.8 Å². The van der Waals surface area contributed by atoms with Gasteiger partial charge in [0.25, 0.3) is 11.8 Å².